The Bertz CT molecular complexity index is 692. The van der Waals surface area contributed by atoms with Gasteiger partial charge in [-0.1, -0.05) is 12.1 Å². The van der Waals surface area contributed by atoms with Gasteiger partial charge in [0, 0.05) is 5.56 Å². The number of hydrogen-bond acceptors (Lipinski definition) is 3. The number of alkyl halides is 3. The Hall–Kier alpha value is -2.62. The van der Waals surface area contributed by atoms with Gasteiger partial charge in [-0.2, -0.15) is 5.26 Å². The lowest BCUT2D eigenvalue weighted by molar-refractivity contribution is -0.274. The minimum absolute atomic E-state index is 0.0738. The van der Waals surface area contributed by atoms with E-state index in [1.54, 1.807) is 0 Å². The molecule has 0 unspecified atom stereocenters. The second-order valence-corrected chi connectivity index (χ2v) is 4.01. The van der Waals surface area contributed by atoms with E-state index in [0.717, 1.165) is 12.1 Å². The molecular formula is C14H8F4N2O. The molecule has 0 fully saturated rings. The van der Waals surface area contributed by atoms with Gasteiger partial charge < -0.3 is 4.74 Å². The van der Waals surface area contributed by atoms with E-state index in [-0.39, 0.29) is 23.4 Å². The van der Waals surface area contributed by atoms with Crippen LogP contribution in [0.2, 0.25) is 0 Å². The van der Waals surface area contributed by atoms with Crippen molar-refractivity contribution in [3.63, 3.8) is 0 Å². The first kappa shape index (κ1) is 14.8. The van der Waals surface area contributed by atoms with Gasteiger partial charge in [-0.05, 0) is 24.3 Å². The van der Waals surface area contributed by atoms with Gasteiger partial charge in [-0.25, -0.2) is 9.37 Å². The van der Waals surface area contributed by atoms with Crippen molar-refractivity contribution in [2.24, 2.45) is 0 Å². The van der Waals surface area contributed by atoms with E-state index in [2.05, 4.69) is 9.72 Å². The second kappa shape index (κ2) is 5.79. The quantitative estimate of drug-likeness (QED) is 0.808. The minimum Gasteiger partial charge on any atom is -0.405 e. The van der Waals surface area contributed by atoms with Gasteiger partial charge in [0.2, 0.25) is 0 Å². The smallest absolute Gasteiger partial charge is 0.405 e. The molecule has 3 nitrogen and oxygen atoms in total. The molecule has 2 aromatic rings. The fourth-order valence-electron chi connectivity index (χ4n) is 1.73. The predicted octanol–water partition coefficient (Wildman–Crippen LogP) is 3.85. The molecule has 0 N–H and O–H groups in total. The Morgan fingerprint density at radius 3 is 2.52 bits per heavy atom. The van der Waals surface area contributed by atoms with Gasteiger partial charge in [-0.3, -0.25) is 0 Å². The van der Waals surface area contributed by atoms with Crippen LogP contribution in [0.4, 0.5) is 17.6 Å². The van der Waals surface area contributed by atoms with E-state index >= 15 is 0 Å². The van der Waals surface area contributed by atoms with Crippen molar-refractivity contribution in [3.05, 3.63) is 47.9 Å². The molecular weight excluding hydrogens is 288 g/mol. The highest BCUT2D eigenvalue weighted by molar-refractivity contribution is 5.67. The van der Waals surface area contributed by atoms with Crippen LogP contribution in [0.1, 0.15) is 5.69 Å². The SMILES string of the molecule is N#CCc1ccc(F)c(-c2ccccc2OC(F)(F)F)n1. The lowest BCUT2D eigenvalue weighted by Crippen LogP contribution is -2.17. The summed E-state index contributed by atoms with van der Waals surface area (Å²) >= 11 is 0. The number of hydrogen-bond donors (Lipinski definition) is 0. The minimum atomic E-state index is -4.89. The van der Waals surface area contributed by atoms with Crippen molar-refractivity contribution in [2.45, 2.75) is 12.8 Å². The van der Waals surface area contributed by atoms with E-state index in [4.69, 9.17) is 5.26 Å². The number of nitriles is 1. The largest absolute Gasteiger partial charge is 0.573 e. The number of halogens is 4. The maximum absolute atomic E-state index is 13.8. The summed E-state index contributed by atoms with van der Waals surface area (Å²) in [5.41, 5.74) is -0.162. The fraction of sp³-hybridized carbons (Fsp3) is 0.143. The standard InChI is InChI=1S/C14H8F4N2O/c15-11-6-5-9(7-8-19)20-13(11)10-3-1-2-4-12(10)21-14(16,17)18/h1-6H,7H2. The lowest BCUT2D eigenvalue weighted by Gasteiger charge is -2.13. The van der Waals surface area contributed by atoms with Crippen molar-refractivity contribution >= 4 is 0 Å². The van der Waals surface area contributed by atoms with Crippen LogP contribution >= 0.6 is 0 Å². The molecule has 108 valence electrons. The van der Waals surface area contributed by atoms with Crippen LogP contribution in [0.3, 0.4) is 0 Å². The molecule has 1 heterocycles. The average Bonchev–Trinajstić information content (AvgIpc) is 2.40. The van der Waals surface area contributed by atoms with Gasteiger partial charge in [0.05, 0.1) is 18.2 Å². The van der Waals surface area contributed by atoms with Gasteiger partial charge >= 0.3 is 6.36 Å². The van der Waals surface area contributed by atoms with Gasteiger partial charge in [0.1, 0.15) is 17.3 Å². The number of para-hydroxylation sites is 1. The number of ether oxygens (including phenoxy) is 1. The molecule has 0 saturated carbocycles. The zero-order valence-electron chi connectivity index (χ0n) is 10.5. The summed E-state index contributed by atoms with van der Waals surface area (Å²) in [6.45, 7) is 0. The van der Waals surface area contributed by atoms with E-state index in [9.17, 15) is 17.6 Å². The van der Waals surface area contributed by atoms with E-state index in [1.165, 1.54) is 24.3 Å². The summed E-state index contributed by atoms with van der Waals surface area (Å²) in [6.07, 6.45) is -4.97. The monoisotopic (exact) mass is 296 g/mol. The van der Waals surface area contributed by atoms with Crippen LogP contribution in [0, 0.1) is 17.1 Å². The van der Waals surface area contributed by atoms with Crippen molar-refractivity contribution in [1.29, 1.82) is 5.26 Å². The molecule has 0 aliphatic heterocycles. The summed E-state index contributed by atoms with van der Waals surface area (Å²) in [6, 6.07) is 9.31. The summed E-state index contributed by atoms with van der Waals surface area (Å²) in [5.74, 6) is -1.35. The molecule has 1 aromatic carbocycles. The highest BCUT2D eigenvalue weighted by Crippen LogP contribution is 2.34. The van der Waals surface area contributed by atoms with E-state index in [1.807, 2.05) is 6.07 Å². The first-order chi connectivity index (χ1) is 9.90. The third-order valence-corrected chi connectivity index (χ3v) is 2.53. The number of nitrogens with zero attached hydrogens (tertiary/aromatic N) is 2. The fourth-order valence-corrected chi connectivity index (χ4v) is 1.73. The maximum atomic E-state index is 13.8. The van der Waals surface area contributed by atoms with Crippen molar-refractivity contribution in [2.75, 3.05) is 0 Å². The molecule has 0 atom stereocenters. The van der Waals surface area contributed by atoms with Crippen LogP contribution in [0.25, 0.3) is 11.3 Å². The number of pyridine rings is 1. The highest BCUT2D eigenvalue weighted by atomic mass is 19.4. The molecule has 0 aliphatic rings. The molecule has 0 spiro atoms. The predicted molar refractivity (Wildman–Crippen MR) is 65.6 cm³/mol. The Kier molecular flexibility index (Phi) is 4.08. The van der Waals surface area contributed by atoms with Crippen LogP contribution < -0.4 is 4.74 Å². The third kappa shape index (κ3) is 3.69. The zero-order valence-corrected chi connectivity index (χ0v) is 10.5. The number of benzene rings is 1. The first-order valence-corrected chi connectivity index (χ1v) is 5.78. The topological polar surface area (TPSA) is 45.9 Å². The Morgan fingerprint density at radius 2 is 1.86 bits per heavy atom. The Labute approximate surface area is 117 Å². The van der Waals surface area contributed by atoms with E-state index < -0.39 is 17.9 Å². The van der Waals surface area contributed by atoms with Gasteiger partial charge in [0.15, 0.2) is 0 Å². The summed E-state index contributed by atoms with van der Waals surface area (Å²) < 4.78 is 54.8. The molecule has 0 aliphatic carbocycles. The van der Waals surface area contributed by atoms with Gasteiger partial charge in [0.25, 0.3) is 0 Å². The molecule has 0 saturated heterocycles. The molecule has 21 heavy (non-hydrogen) atoms. The first-order valence-electron chi connectivity index (χ1n) is 5.78. The lowest BCUT2D eigenvalue weighted by atomic mass is 10.1. The molecule has 0 amide bonds. The third-order valence-electron chi connectivity index (χ3n) is 2.53. The maximum Gasteiger partial charge on any atom is 0.573 e. The van der Waals surface area contributed by atoms with E-state index in [0.29, 0.717) is 0 Å². The number of rotatable bonds is 3. The van der Waals surface area contributed by atoms with Crippen LogP contribution in [-0.2, 0) is 6.42 Å². The summed E-state index contributed by atoms with van der Waals surface area (Å²) in [5, 5.41) is 8.60. The highest BCUT2D eigenvalue weighted by Gasteiger charge is 2.32. The van der Waals surface area contributed by atoms with Gasteiger partial charge in [-0.15, -0.1) is 13.2 Å². The number of aromatic nitrogens is 1. The van der Waals surface area contributed by atoms with Crippen molar-refractivity contribution in [1.82, 2.24) is 4.98 Å². The normalized spacial score (nSPS) is 11.0. The second-order valence-electron chi connectivity index (χ2n) is 4.01. The molecule has 1 aromatic heterocycles. The molecule has 7 heteroatoms. The summed E-state index contributed by atoms with van der Waals surface area (Å²) in [7, 11) is 0. The Morgan fingerprint density at radius 1 is 1.14 bits per heavy atom. The molecule has 0 radical (unpaired) electrons. The summed E-state index contributed by atoms with van der Waals surface area (Å²) in [4.78, 5) is 3.88. The van der Waals surface area contributed by atoms with Crippen molar-refractivity contribution < 1.29 is 22.3 Å². The van der Waals surface area contributed by atoms with Crippen molar-refractivity contribution in [3.8, 4) is 23.1 Å². The zero-order chi connectivity index (χ0) is 15.5. The average molecular weight is 296 g/mol. The van der Waals surface area contributed by atoms with Crippen LogP contribution in [0.15, 0.2) is 36.4 Å². The molecule has 0 bridgehead atoms. The Balaban J connectivity index is 2.52. The molecule has 2 rings (SSSR count). The van der Waals surface area contributed by atoms with Crippen LogP contribution in [0.5, 0.6) is 5.75 Å². The van der Waals surface area contributed by atoms with Crippen LogP contribution in [-0.4, -0.2) is 11.3 Å².